The van der Waals surface area contributed by atoms with Gasteiger partial charge in [0, 0.05) is 19.5 Å². The maximum atomic E-state index is 13.3. The topological polar surface area (TPSA) is 43.6 Å². The molecule has 5 heteroatoms. The van der Waals surface area contributed by atoms with E-state index < -0.39 is 0 Å². The van der Waals surface area contributed by atoms with Gasteiger partial charge in [0.25, 0.3) is 0 Å². The van der Waals surface area contributed by atoms with Gasteiger partial charge in [-0.2, -0.15) is 0 Å². The molecule has 0 bridgehead atoms. The minimum atomic E-state index is -0.172. The van der Waals surface area contributed by atoms with Gasteiger partial charge in [-0.25, -0.2) is 0 Å². The molecule has 0 aliphatic heterocycles. The van der Waals surface area contributed by atoms with Gasteiger partial charge in [0.05, 0.1) is 18.0 Å². The number of amides is 1. The van der Waals surface area contributed by atoms with Crippen molar-refractivity contribution in [2.75, 3.05) is 14.1 Å². The largest absolute Gasteiger partial charge is 0.342 e. The Hall–Kier alpha value is -1.13. The van der Waals surface area contributed by atoms with Gasteiger partial charge < -0.3 is 4.90 Å². The molecule has 0 aromatic carbocycles. The summed E-state index contributed by atoms with van der Waals surface area (Å²) in [6.45, 7) is 0. The number of hydrogen-bond donors (Lipinski definition) is 0. The molecule has 1 amide bonds. The van der Waals surface area contributed by atoms with Crippen molar-refractivity contribution in [2.45, 2.75) is 108 Å². The van der Waals surface area contributed by atoms with E-state index in [1.165, 1.54) is 43.4 Å². The molecule has 3 rings (SSSR count). The van der Waals surface area contributed by atoms with Crippen LogP contribution >= 0.6 is 0 Å². The molecular formula is C21H38N3O2+. The molecule has 148 valence electrons. The molecule has 0 saturated heterocycles. The zero-order chi connectivity index (χ0) is 18.5. The maximum Gasteiger partial charge on any atom is 0.246 e. The van der Waals surface area contributed by atoms with Crippen molar-refractivity contribution in [1.29, 1.82) is 0 Å². The highest BCUT2D eigenvalue weighted by molar-refractivity contribution is 5.79. The van der Waals surface area contributed by atoms with Gasteiger partial charge in [-0.3, -0.25) is 4.79 Å². The van der Waals surface area contributed by atoms with E-state index in [2.05, 4.69) is 0 Å². The number of rotatable bonds is 5. The summed E-state index contributed by atoms with van der Waals surface area (Å²) in [5.74, 6) is 0.0960. The Balaban J connectivity index is 1.66. The molecule has 26 heavy (non-hydrogen) atoms. The quantitative estimate of drug-likeness (QED) is 0.540. The Morgan fingerprint density at radius 3 is 1.85 bits per heavy atom. The number of carbonyl (C=O) groups excluding carboxylic acids is 1. The molecule has 0 aromatic rings. The molecule has 0 heterocycles. The average Bonchev–Trinajstić information content (AvgIpc) is 2.73. The Labute approximate surface area is 159 Å². The number of nitroso groups, excluding NO2 is 1. The molecule has 2 unspecified atom stereocenters. The van der Waals surface area contributed by atoms with Gasteiger partial charge in [0.15, 0.2) is 0 Å². The van der Waals surface area contributed by atoms with Gasteiger partial charge in [-0.05, 0) is 38.5 Å². The van der Waals surface area contributed by atoms with Crippen molar-refractivity contribution in [3.8, 4) is 0 Å². The van der Waals surface area contributed by atoms with Crippen molar-refractivity contribution in [2.24, 2.45) is 5.92 Å². The van der Waals surface area contributed by atoms with Crippen LogP contribution in [0.2, 0.25) is 0 Å². The summed E-state index contributed by atoms with van der Waals surface area (Å²) in [4.78, 5) is 29.6. The van der Waals surface area contributed by atoms with Crippen LogP contribution < -0.4 is 0 Å². The normalized spacial score (nSPS) is 28.5. The lowest BCUT2D eigenvalue weighted by Gasteiger charge is -2.36. The summed E-state index contributed by atoms with van der Waals surface area (Å²) in [7, 11) is 3.92. The molecule has 3 saturated carbocycles. The Bertz CT molecular complexity index is 440. The minimum Gasteiger partial charge on any atom is -0.342 e. The minimum absolute atomic E-state index is 0.126. The number of carbonyl (C=O) groups is 1. The van der Waals surface area contributed by atoms with Crippen molar-refractivity contribution < 1.29 is 9.66 Å². The molecule has 0 spiro atoms. The van der Waals surface area contributed by atoms with Crippen LogP contribution in [0.1, 0.15) is 89.9 Å². The van der Waals surface area contributed by atoms with E-state index in [4.69, 9.17) is 0 Å². The molecule has 3 fully saturated rings. The molecule has 0 N–H and O–H groups in total. The first kappa shape index (κ1) is 19.6. The van der Waals surface area contributed by atoms with Gasteiger partial charge in [0.1, 0.15) is 10.8 Å². The van der Waals surface area contributed by atoms with Crippen LogP contribution in [0.25, 0.3) is 0 Å². The standard InChI is InChI=1S/C21H38N3O2/c1-22(17-11-5-3-6-12-17)21(25)19-15-9-10-16-20(19)24(26)23(2)18-13-7-4-8-14-18/h17-20H,3-16H2,1-2H3/q+1. The van der Waals surface area contributed by atoms with E-state index in [1.54, 1.807) is 0 Å². The Morgan fingerprint density at radius 2 is 1.23 bits per heavy atom. The Kier molecular flexibility index (Phi) is 6.93. The predicted octanol–water partition coefficient (Wildman–Crippen LogP) is 4.29. The van der Waals surface area contributed by atoms with Crippen LogP contribution in [0.3, 0.4) is 0 Å². The summed E-state index contributed by atoms with van der Waals surface area (Å²) in [5, 5.41) is 1.93. The zero-order valence-electron chi connectivity index (χ0n) is 16.9. The smallest absolute Gasteiger partial charge is 0.246 e. The van der Waals surface area contributed by atoms with Crippen molar-refractivity contribution in [3.05, 3.63) is 4.91 Å². The van der Waals surface area contributed by atoms with Gasteiger partial charge >= 0.3 is 0 Å². The highest BCUT2D eigenvalue weighted by atomic mass is 16.3. The molecule has 5 nitrogen and oxygen atoms in total. The van der Waals surface area contributed by atoms with E-state index in [-0.39, 0.29) is 17.9 Å². The lowest BCUT2D eigenvalue weighted by molar-refractivity contribution is -0.742. The third-order valence-corrected chi connectivity index (χ3v) is 7.21. The fourth-order valence-corrected chi connectivity index (χ4v) is 5.42. The predicted molar refractivity (Wildman–Crippen MR) is 104 cm³/mol. The number of hydrogen-bond acceptors (Lipinski definition) is 2. The highest BCUT2D eigenvalue weighted by Crippen LogP contribution is 2.32. The second-order valence-corrected chi connectivity index (χ2v) is 8.87. The SMILES string of the molecule is CN(C(=O)C1CCCCC1[N+](=O)N(C)C1CCCCC1)C1CCCCC1. The van der Waals surface area contributed by atoms with Crippen LogP contribution in [-0.4, -0.2) is 52.9 Å². The van der Waals surface area contributed by atoms with Crippen molar-refractivity contribution in [3.63, 3.8) is 0 Å². The van der Waals surface area contributed by atoms with E-state index >= 15 is 0 Å². The molecule has 3 aliphatic carbocycles. The van der Waals surface area contributed by atoms with E-state index in [1.807, 2.05) is 24.0 Å². The van der Waals surface area contributed by atoms with Crippen molar-refractivity contribution in [1.82, 2.24) is 9.91 Å². The summed E-state index contributed by atoms with van der Waals surface area (Å²) in [6.07, 6.45) is 15.9. The van der Waals surface area contributed by atoms with Crippen LogP contribution in [0.4, 0.5) is 0 Å². The second kappa shape index (κ2) is 9.18. The summed E-state index contributed by atoms with van der Waals surface area (Å²) >= 11 is 0. The zero-order valence-corrected chi connectivity index (χ0v) is 16.9. The lowest BCUT2D eigenvalue weighted by Crippen LogP contribution is -2.53. The molecular weight excluding hydrogens is 326 g/mol. The first-order valence-corrected chi connectivity index (χ1v) is 11.1. The number of nitrogens with zero attached hydrogens (tertiary/aromatic N) is 3. The monoisotopic (exact) mass is 364 g/mol. The summed E-state index contributed by atoms with van der Waals surface area (Å²) in [5.41, 5.74) is 0. The average molecular weight is 365 g/mol. The Morgan fingerprint density at radius 1 is 0.731 bits per heavy atom. The van der Waals surface area contributed by atoms with Crippen LogP contribution in [0.15, 0.2) is 0 Å². The summed E-state index contributed by atoms with van der Waals surface area (Å²) < 4.78 is 0. The maximum absolute atomic E-state index is 13.3. The molecule has 2 atom stereocenters. The molecule has 3 aliphatic rings. The highest BCUT2D eigenvalue weighted by Gasteiger charge is 2.46. The van der Waals surface area contributed by atoms with E-state index in [9.17, 15) is 9.70 Å². The van der Waals surface area contributed by atoms with E-state index in [0.29, 0.717) is 12.1 Å². The van der Waals surface area contributed by atoms with Gasteiger partial charge in [0.2, 0.25) is 11.9 Å². The fraction of sp³-hybridized carbons (Fsp3) is 0.952. The van der Waals surface area contributed by atoms with Crippen LogP contribution in [0.5, 0.6) is 0 Å². The van der Waals surface area contributed by atoms with E-state index in [0.717, 1.165) is 51.4 Å². The second-order valence-electron chi connectivity index (χ2n) is 8.87. The first-order chi connectivity index (χ1) is 12.6. The van der Waals surface area contributed by atoms with Crippen molar-refractivity contribution >= 4 is 5.91 Å². The molecule has 0 radical (unpaired) electrons. The fourth-order valence-electron chi connectivity index (χ4n) is 5.42. The third-order valence-electron chi connectivity index (χ3n) is 7.21. The van der Waals surface area contributed by atoms with Crippen LogP contribution in [-0.2, 0) is 4.79 Å². The van der Waals surface area contributed by atoms with Gasteiger partial charge in [-0.1, -0.05) is 44.9 Å². The first-order valence-electron chi connectivity index (χ1n) is 11.1. The third kappa shape index (κ3) is 4.40. The van der Waals surface area contributed by atoms with Gasteiger partial charge in [-0.15, -0.1) is 5.01 Å². The summed E-state index contributed by atoms with van der Waals surface area (Å²) in [6, 6.07) is 0.569. The lowest BCUT2D eigenvalue weighted by atomic mass is 9.83. The van der Waals surface area contributed by atoms with Crippen LogP contribution in [0, 0.1) is 10.8 Å². The molecule has 0 aromatic heterocycles. The number of hydrazine groups is 1.